The lowest BCUT2D eigenvalue weighted by atomic mass is 10.1. The summed E-state index contributed by atoms with van der Waals surface area (Å²) in [5.41, 5.74) is 1.09. The Morgan fingerprint density at radius 1 is 1.21 bits per heavy atom. The number of carboxylic acid groups (broad SMARTS) is 2. The molecule has 1 unspecified atom stereocenters. The Balaban J connectivity index is 2.42. The maximum atomic E-state index is 12.1. The molecule has 98 valence electrons. The second-order valence-electron chi connectivity index (χ2n) is 4.12. The van der Waals surface area contributed by atoms with Crippen molar-refractivity contribution in [1.29, 1.82) is 0 Å². The second kappa shape index (κ2) is 4.56. The summed E-state index contributed by atoms with van der Waals surface area (Å²) in [6, 6.07) is 5.11. The van der Waals surface area contributed by atoms with Crippen LogP contribution in [0.15, 0.2) is 30.8 Å². The number of fused-ring (bicyclic) bond motifs is 1. The number of rotatable bonds is 4. The molecule has 1 atom stereocenters. The van der Waals surface area contributed by atoms with Gasteiger partial charge in [-0.25, -0.2) is 4.79 Å². The van der Waals surface area contributed by atoms with Gasteiger partial charge in [0, 0.05) is 16.8 Å². The van der Waals surface area contributed by atoms with Crippen LogP contribution in [0.2, 0.25) is 0 Å². The first-order chi connectivity index (χ1) is 8.93. The van der Waals surface area contributed by atoms with Crippen molar-refractivity contribution in [3.63, 3.8) is 0 Å². The van der Waals surface area contributed by atoms with E-state index in [1.54, 1.807) is 24.3 Å². The number of carbonyl (C=O) groups is 3. The number of hydrogen-bond donors (Lipinski definition) is 2. The van der Waals surface area contributed by atoms with Gasteiger partial charge in [0.15, 0.2) is 0 Å². The normalized spacial score (nSPS) is 15.3. The van der Waals surface area contributed by atoms with E-state index in [1.807, 2.05) is 0 Å². The van der Waals surface area contributed by atoms with Gasteiger partial charge in [0.25, 0.3) is 5.91 Å². The number of nitrogens with zero attached hydrogens (tertiary/aromatic N) is 1. The van der Waals surface area contributed by atoms with Gasteiger partial charge >= 0.3 is 11.9 Å². The zero-order valence-electron chi connectivity index (χ0n) is 9.87. The molecule has 19 heavy (non-hydrogen) atoms. The van der Waals surface area contributed by atoms with Crippen LogP contribution in [0, 0.1) is 0 Å². The Bertz CT molecular complexity index is 557. The van der Waals surface area contributed by atoms with Gasteiger partial charge in [0.2, 0.25) is 0 Å². The molecule has 0 bridgehead atoms. The van der Waals surface area contributed by atoms with Crippen molar-refractivity contribution in [2.24, 2.45) is 0 Å². The molecule has 6 heteroatoms. The third kappa shape index (κ3) is 2.08. The predicted molar refractivity (Wildman–Crippen MR) is 65.3 cm³/mol. The summed E-state index contributed by atoms with van der Waals surface area (Å²) in [7, 11) is 0. The Morgan fingerprint density at radius 3 is 2.26 bits per heavy atom. The molecule has 0 saturated heterocycles. The maximum absolute atomic E-state index is 12.1. The summed E-state index contributed by atoms with van der Waals surface area (Å²) in [5.74, 6) is -3.19. The third-order valence-electron chi connectivity index (χ3n) is 2.94. The molecule has 0 radical (unpaired) electrons. The molecule has 1 amide bonds. The van der Waals surface area contributed by atoms with Crippen molar-refractivity contribution < 1.29 is 24.6 Å². The zero-order valence-corrected chi connectivity index (χ0v) is 9.87. The molecule has 0 spiro atoms. The molecule has 1 heterocycles. The number of amides is 1. The van der Waals surface area contributed by atoms with Gasteiger partial charge in [-0.2, -0.15) is 0 Å². The molecule has 1 aromatic rings. The minimum Gasteiger partial charge on any atom is -0.481 e. The molecule has 1 aliphatic rings. The fourth-order valence-electron chi connectivity index (χ4n) is 2.09. The van der Waals surface area contributed by atoms with Crippen molar-refractivity contribution in [1.82, 2.24) is 4.90 Å². The van der Waals surface area contributed by atoms with Crippen LogP contribution in [0.25, 0.3) is 5.70 Å². The van der Waals surface area contributed by atoms with Crippen LogP contribution in [0.3, 0.4) is 0 Å². The van der Waals surface area contributed by atoms with Crippen LogP contribution in [-0.2, 0) is 9.59 Å². The number of hydrogen-bond acceptors (Lipinski definition) is 3. The van der Waals surface area contributed by atoms with Crippen molar-refractivity contribution >= 4 is 23.5 Å². The summed E-state index contributed by atoms with van der Waals surface area (Å²) in [4.78, 5) is 35.0. The lowest BCUT2D eigenvalue weighted by Gasteiger charge is -2.23. The Morgan fingerprint density at radius 2 is 1.79 bits per heavy atom. The van der Waals surface area contributed by atoms with Crippen molar-refractivity contribution in [3.8, 4) is 0 Å². The number of carbonyl (C=O) groups excluding carboxylic acids is 1. The van der Waals surface area contributed by atoms with Gasteiger partial charge in [-0.15, -0.1) is 0 Å². The molecule has 0 fully saturated rings. The molecular weight excluding hydrogens is 250 g/mol. The van der Waals surface area contributed by atoms with E-state index >= 15 is 0 Å². The second-order valence-corrected chi connectivity index (χ2v) is 4.12. The number of carboxylic acids is 2. The molecule has 6 nitrogen and oxygen atoms in total. The minimum atomic E-state index is -1.45. The fraction of sp³-hybridized carbons (Fsp3) is 0.154. The quantitative estimate of drug-likeness (QED) is 0.844. The lowest BCUT2D eigenvalue weighted by Crippen LogP contribution is -2.42. The molecular formula is C13H11NO5. The van der Waals surface area contributed by atoms with Crippen LogP contribution in [0.4, 0.5) is 0 Å². The fourth-order valence-corrected chi connectivity index (χ4v) is 2.09. The average molecular weight is 261 g/mol. The summed E-state index contributed by atoms with van der Waals surface area (Å²) in [6.45, 7) is 3.69. The van der Waals surface area contributed by atoms with E-state index in [0.29, 0.717) is 11.1 Å². The highest BCUT2D eigenvalue weighted by molar-refractivity contribution is 6.10. The largest absolute Gasteiger partial charge is 0.481 e. The summed E-state index contributed by atoms with van der Waals surface area (Å²) >= 11 is 0. The Labute approximate surface area is 108 Å². The van der Waals surface area contributed by atoms with E-state index in [-0.39, 0.29) is 5.70 Å². The monoisotopic (exact) mass is 261 g/mol. The highest BCUT2D eigenvalue weighted by atomic mass is 16.4. The number of benzene rings is 1. The van der Waals surface area contributed by atoms with Gasteiger partial charge in [0.1, 0.15) is 6.04 Å². The summed E-state index contributed by atoms with van der Waals surface area (Å²) < 4.78 is 0. The van der Waals surface area contributed by atoms with Gasteiger partial charge in [-0.1, -0.05) is 24.8 Å². The molecule has 0 saturated carbocycles. The van der Waals surface area contributed by atoms with E-state index in [2.05, 4.69) is 6.58 Å². The van der Waals surface area contributed by atoms with Gasteiger partial charge in [-0.3, -0.25) is 14.5 Å². The Kier molecular flexibility index (Phi) is 3.08. The van der Waals surface area contributed by atoms with Crippen molar-refractivity contribution in [2.75, 3.05) is 0 Å². The van der Waals surface area contributed by atoms with Gasteiger partial charge in [0.05, 0.1) is 6.42 Å². The van der Waals surface area contributed by atoms with Gasteiger partial charge < -0.3 is 10.2 Å². The summed E-state index contributed by atoms with van der Waals surface area (Å²) in [6.07, 6.45) is -0.673. The standard InChI is InChI=1S/C13H11NO5/c1-7-8-4-2-3-5-9(8)12(17)14(7)10(13(18)19)6-11(15)16/h2-5,10H,1,6H2,(H,15,16)(H,18,19). The highest BCUT2D eigenvalue weighted by Gasteiger charge is 2.40. The third-order valence-corrected chi connectivity index (χ3v) is 2.94. The molecule has 1 aliphatic heterocycles. The van der Waals surface area contributed by atoms with E-state index < -0.39 is 30.3 Å². The van der Waals surface area contributed by atoms with Gasteiger partial charge in [-0.05, 0) is 6.07 Å². The van der Waals surface area contributed by atoms with Crippen LogP contribution in [-0.4, -0.2) is 39.0 Å². The average Bonchev–Trinajstić information content (AvgIpc) is 2.60. The van der Waals surface area contributed by atoms with E-state index in [1.165, 1.54) is 0 Å². The van der Waals surface area contributed by atoms with Crippen molar-refractivity contribution in [3.05, 3.63) is 42.0 Å². The van der Waals surface area contributed by atoms with Crippen LogP contribution < -0.4 is 0 Å². The molecule has 0 aliphatic carbocycles. The predicted octanol–water partition coefficient (Wildman–Crippen LogP) is 1.04. The SMILES string of the molecule is C=C1c2ccccc2C(=O)N1C(CC(=O)O)C(=O)O. The maximum Gasteiger partial charge on any atom is 0.327 e. The highest BCUT2D eigenvalue weighted by Crippen LogP contribution is 2.33. The first-order valence-corrected chi connectivity index (χ1v) is 5.50. The molecule has 2 rings (SSSR count). The first-order valence-electron chi connectivity index (χ1n) is 5.50. The number of aliphatic carboxylic acids is 2. The van der Waals surface area contributed by atoms with Crippen LogP contribution in [0.1, 0.15) is 22.3 Å². The van der Waals surface area contributed by atoms with Crippen molar-refractivity contribution in [2.45, 2.75) is 12.5 Å². The van der Waals surface area contributed by atoms with Crippen LogP contribution >= 0.6 is 0 Å². The van der Waals surface area contributed by atoms with E-state index in [4.69, 9.17) is 10.2 Å². The summed E-state index contributed by atoms with van der Waals surface area (Å²) in [5, 5.41) is 17.9. The molecule has 0 aromatic heterocycles. The lowest BCUT2D eigenvalue weighted by molar-refractivity contribution is -0.147. The van der Waals surface area contributed by atoms with E-state index in [9.17, 15) is 14.4 Å². The zero-order chi connectivity index (χ0) is 14.2. The molecule has 1 aromatic carbocycles. The molecule has 2 N–H and O–H groups in total. The topological polar surface area (TPSA) is 94.9 Å². The first kappa shape index (κ1) is 12.8. The smallest absolute Gasteiger partial charge is 0.327 e. The Hall–Kier alpha value is -2.63. The minimum absolute atomic E-state index is 0.217. The van der Waals surface area contributed by atoms with Crippen LogP contribution in [0.5, 0.6) is 0 Å². The van der Waals surface area contributed by atoms with E-state index in [0.717, 1.165) is 4.90 Å².